The molecule has 6 heteroatoms. The predicted octanol–water partition coefficient (Wildman–Crippen LogP) is 8.13. The molecule has 1 saturated heterocycles. The Morgan fingerprint density at radius 3 is 2.33 bits per heavy atom. The summed E-state index contributed by atoms with van der Waals surface area (Å²) in [5, 5.41) is 16.9. The summed E-state index contributed by atoms with van der Waals surface area (Å²) in [5.41, 5.74) is 6.27. The third-order valence-electron chi connectivity index (χ3n) is 9.34. The Morgan fingerprint density at radius 2 is 1.64 bits per heavy atom. The Labute approximate surface area is 253 Å². The minimum atomic E-state index is -0.791. The first kappa shape index (κ1) is 28.6. The zero-order valence-corrected chi connectivity index (χ0v) is 25.1. The van der Waals surface area contributed by atoms with Gasteiger partial charge in [0.1, 0.15) is 5.01 Å². The van der Waals surface area contributed by atoms with Crippen LogP contribution in [0.3, 0.4) is 0 Å². The van der Waals surface area contributed by atoms with E-state index in [9.17, 15) is 9.90 Å². The number of carbonyl (C=O) groups is 1. The number of aromatic nitrogens is 1. The molecule has 1 saturated carbocycles. The van der Waals surface area contributed by atoms with Crippen molar-refractivity contribution in [3.8, 4) is 11.3 Å². The Kier molecular flexibility index (Phi) is 9.01. The molecule has 1 aromatic heterocycles. The number of piperidine rings is 1. The molecule has 0 amide bonds. The van der Waals surface area contributed by atoms with Gasteiger partial charge in [-0.15, -0.1) is 11.3 Å². The number of carboxylic acid groups (broad SMARTS) is 1. The summed E-state index contributed by atoms with van der Waals surface area (Å²) in [4.78, 5) is 19.5. The van der Waals surface area contributed by atoms with Crippen LogP contribution >= 0.6 is 11.3 Å². The summed E-state index contributed by atoms with van der Waals surface area (Å²) in [6, 6.07) is 27.6. The highest BCUT2D eigenvalue weighted by atomic mass is 32.1. The summed E-state index contributed by atoms with van der Waals surface area (Å²) < 4.78 is 0. The Bertz CT molecular complexity index is 1440. The SMILES string of the molecule is O=C(O)C1(c2ccccc2)CCN(Cc2nc(-c3ccc(NCCc4ccc(C5CCCCC5)cc4)cc3)cs2)CC1. The van der Waals surface area contributed by atoms with Crippen LogP contribution in [-0.2, 0) is 23.2 Å². The topological polar surface area (TPSA) is 65.5 Å². The van der Waals surface area contributed by atoms with Gasteiger partial charge in [0, 0.05) is 36.3 Å². The van der Waals surface area contributed by atoms with Crippen LogP contribution in [0.15, 0.2) is 84.2 Å². The minimum Gasteiger partial charge on any atom is -0.481 e. The van der Waals surface area contributed by atoms with E-state index in [0.29, 0.717) is 12.8 Å². The largest absolute Gasteiger partial charge is 0.481 e. The van der Waals surface area contributed by atoms with Gasteiger partial charge in [-0.2, -0.15) is 0 Å². The molecule has 1 aliphatic carbocycles. The number of hydrogen-bond donors (Lipinski definition) is 2. The van der Waals surface area contributed by atoms with Gasteiger partial charge in [0.2, 0.25) is 0 Å². The Morgan fingerprint density at radius 1 is 0.929 bits per heavy atom. The molecule has 2 aliphatic rings. The first-order chi connectivity index (χ1) is 20.6. The van der Waals surface area contributed by atoms with E-state index in [1.165, 1.54) is 43.2 Å². The second-order valence-corrected chi connectivity index (χ2v) is 12.9. The molecule has 6 rings (SSSR count). The molecular weight excluding hydrogens is 538 g/mol. The summed E-state index contributed by atoms with van der Waals surface area (Å²) in [5.74, 6) is 0.0494. The molecule has 5 nitrogen and oxygen atoms in total. The van der Waals surface area contributed by atoms with Gasteiger partial charge in [-0.1, -0.05) is 86.0 Å². The summed E-state index contributed by atoms with van der Waals surface area (Å²) >= 11 is 1.68. The number of hydrogen-bond acceptors (Lipinski definition) is 5. The quantitative estimate of drug-likeness (QED) is 0.199. The van der Waals surface area contributed by atoms with E-state index in [1.54, 1.807) is 11.3 Å². The highest BCUT2D eigenvalue weighted by Crippen LogP contribution is 2.37. The number of anilines is 1. The maximum absolute atomic E-state index is 12.3. The van der Waals surface area contributed by atoms with Crippen LogP contribution in [0.1, 0.15) is 72.6 Å². The van der Waals surface area contributed by atoms with Crippen molar-refractivity contribution >= 4 is 23.0 Å². The zero-order chi connectivity index (χ0) is 28.8. The van der Waals surface area contributed by atoms with Crippen molar-refractivity contribution in [1.29, 1.82) is 0 Å². The molecule has 2 N–H and O–H groups in total. The number of thiazole rings is 1. The molecular formula is C36H41N3O2S. The van der Waals surface area contributed by atoms with Crippen LogP contribution in [0, 0.1) is 0 Å². The fourth-order valence-electron chi connectivity index (χ4n) is 6.69. The molecule has 1 aliphatic heterocycles. The van der Waals surface area contributed by atoms with E-state index >= 15 is 0 Å². The molecule has 0 bridgehead atoms. The highest BCUT2D eigenvalue weighted by molar-refractivity contribution is 7.09. The number of nitrogens with zero attached hydrogens (tertiary/aromatic N) is 2. The van der Waals surface area contributed by atoms with Crippen molar-refractivity contribution in [1.82, 2.24) is 9.88 Å². The predicted molar refractivity (Wildman–Crippen MR) is 172 cm³/mol. The van der Waals surface area contributed by atoms with Gasteiger partial charge in [0.15, 0.2) is 0 Å². The fourth-order valence-corrected chi connectivity index (χ4v) is 7.53. The van der Waals surface area contributed by atoms with Crippen molar-refractivity contribution < 1.29 is 9.90 Å². The lowest BCUT2D eigenvalue weighted by Crippen LogP contribution is -2.47. The second kappa shape index (κ2) is 13.2. The Balaban J connectivity index is 0.979. The van der Waals surface area contributed by atoms with Crippen LogP contribution < -0.4 is 5.32 Å². The van der Waals surface area contributed by atoms with Crippen LogP contribution in [-0.4, -0.2) is 40.6 Å². The molecule has 2 heterocycles. The fraction of sp³-hybridized carbons (Fsp3) is 0.389. The number of carboxylic acids is 1. The highest BCUT2D eigenvalue weighted by Gasteiger charge is 2.43. The first-order valence-corrected chi connectivity index (χ1v) is 16.4. The molecule has 2 fully saturated rings. The van der Waals surface area contributed by atoms with Gasteiger partial charge in [0.25, 0.3) is 0 Å². The number of nitrogens with one attached hydrogen (secondary N) is 1. The van der Waals surface area contributed by atoms with E-state index in [2.05, 4.69) is 64.1 Å². The van der Waals surface area contributed by atoms with Gasteiger partial charge < -0.3 is 10.4 Å². The van der Waals surface area contributed by atoms with Gasteiger partial charge in [0.05, 0.1) is 17.7 Å². The molecule has 3 aromatic carbocycles. The van der Waals surface area contributed by atoms with Crippen molar-refractivity contribution in [2.45, 2.75) is 69.2 Å². The lowest BCUT2D eigenvalue weighted by Gasteiger charge is -2.39. The molecule has 218 valence electrons. The zero-order valence-electron chi connectivity index (χ0n) is 24.3. The number of rotatable bonds is 10. The molecule has 0 radical (unpaired) electrons. The van der Waals surface area contributed by atoms with E-state index in [-0.39, 0.29) is 0 Å². The van der Waals surface area contributed by atoms with Gasteiger partial charge in [-0.3, -0.25) is 9.69 Å². The van der Waals surface area contributed by atoms with E-state index in [1.807, 2.05) is 30.3 Å². The van der Waals surface area contributed by atoms with Gasteiger partial charge >= 0.3 is 5.97 Å². The third kappa shape index (κ3) is 6.61. The molecule has 4 aromatic rings. The monoisotopic (exact) mass is 579 g/mol. The van der Waals surface area contributed by atoms with Crippen LogP contribution in [0.2, 0.25) is 0 Å². The smallest absolute Gasteiger partial charge is 0.314 e. The van der Waals surface area contributed by atoms with E-state index < -0.39 is 11.4 Å². The number of likely N-dealkylation sites (tertiary alicyclic amines) is 1. The van der Waals surface area contributed by atoms with Crippen molar-refractivity contribution in [2.75, 3.05) is 25.0 Å². The number of benzene rings is 3. The van der Waals surface area contributed by atoms with Crippen molar-refractivity contribution in [3.05, 3.63) is 106 Å². The van der Waals surface area contributed by atoms with Gasteiger partial charge in [-0.05, 0) is 66.8 Å². The average molecular weight is 580 g/mol. The van der Waals surface area contributed by atoms with Crippen LogP contribution in [0.25, 0.3) is 11.3 Å². The van der Waals surface area contributed by atoms with E-state index in [0.717, 1.165) is 66.0 Å². The third-order valence-corrected chi connectivity index (χ3v) is 10.2. The standard InChI is InChI=1S/C36H41N3O2S/c40-35(41)36(31-9-5-2-6-10-31)20-23-39(24-21-36)25-34-38-33(26-42-34)30-15-17-32(18-16-30)37-22-19-27-11-13-29(14-12-27)28-7-3-1-4-8-28/h2,5-6,9-18,26,28,37H,1,3-4,7-8,19-25H2,(H,40,41). The lowest BCUT2D eigenvalue weighted by atomic mass is 9.73. The minimum absolute atomic E-state index is 0.616. The molecule has 0 unspecified atom stereocenters. The molecule has 42 heavy (non-hydrogen) atoms. The average Bonchev–Trinajstić information content (AvgIpc) is 3.51. The maximum Gasteiger partial charge on any atom is 0.314 e. The van der Waals surface area contributed by atoms with Crippen LogP contribution in [0.5, 0.6) is 0 Å². The first-order valence-electron chi connectivity index (χ1n) is 15.5. The molecule has 0 spiro atoms. The van der Waals surface area contributed by atoms with Gasteiger partial charge in [-0.25, -0.2) is 4.98 Å². The summed E-state index contributed by atoms with van der Waals surface area (Å²) in [7, 11) is 0. The summed E-state index contributed by atoms with van der Waals surface area (Å²) in [6.07, 6.45) is 9.10. The maximum atomic E-state index is 12.3. The van der Waals surface area contributed by atoms with E-state index in [4.69, 9.17) is 4.98 Å². The normalized spacial score (nSPS) is 17.6. The van der Waals surface area contributed by atoms with Crippen LogP contribution in [0.4, 0.5) is 5.69 Å². The van der Waals surface area contributed by atoms with Crippen molar-refractivity contribution in [3.63, 3.8) is 0 Å². The number of aliphatic carboxylic acids is 1. The molecule has 0 atom stereocenters. The lowest BCUT2D eigenvalue weighted by molar-refractivity contribution is -0.146. The second-order valence-electron chi connectivity index (χ2n) is 12.0. The Hall–Kier alpha value is -3.48. The summed E-state index contributed by atoms with van der Waals surface area (Å²) in [6.45, 7) is 3.17. The van der Waals surface area contributed by atoms with Crippen molar-refractivity contribution in [2.24, 2.45) is 0 Å².